The minimum absolute atomic E-state index is 0.00236. The van der Waals surface area contributed by atoms with E-state index in [1.807, 2.05) is 19.2 Å². The van der Waals surface area contributed by atoms with Crippen LogP contribution < -0.4 is 16.1 Å². The number of esters is 1. The number of halogens is 3. The number of carbonyl (C=O) groups excluding carboxylic acids is 1. The molecule has 2 heterocycles. The zero-order valence-electron chi connectivity index (χ0n) is 25.7. The number of nitrogens with zero attached hydrogens (tertiary/aromatic N) is 3. The molecule has 1 aliphatic heterocycles. The monoisotopic (exact) mass is 613 g/mol. The van der Waals surface area contributed by atoms with Crippen molar-refractivity contribution in [1.29, 1.82) is 0 Å². The van der Waals surface area contributed by atoms with Crippen LogP contribution in [0, 0.1) is 0 Å². The molecular weight excluding hydrogens is 575 g/mol. The first-order valence-corrected chi connectivity index (χ1v) is 15.1. The summed E-state index contributed by atoms with van der Waals surface area (Å²) in [6, 6.07) is 8.24. The molecule has 1 aliphatic carbocycles. The number of fused-ring (bicyclic) bond motifs is 2. The van der Waals surface area contributed by atoms with E-state index in [1.165, 1.54) is 22.9 Å². The van der Waals surface area contributed by atoms with Crippen LogP contribution in [0.15, 0.2) is 52.2 Å². The molecule has 44 heavy (non-hydrogen) atoms. The van der Waals surface area contributed by atoms with E-state index in [4.69, 9.17) is 9.47 Å². The number of hydrogen-bond acceptors (Lipinski definition) is 6. The summed E-state index contributed by atoms with van der Waals surface area (Å²) in [6.45, 7) is 8.46. The maximum absolute atomic E-state index is 14.1. The quantitative estimate of drug-likeness (QED) is 0.218. The molecule has 0 spiro atoms. The molecule has 11 heteroatoms. The van der Waals surface area contributed by atoms with E-state index < -0.39 is 40.4 Å². The molecule has 0 amide bonds. The second-order valence-corrected chi connectivity index (χ2v) is 12.0. The highest BCUT2D eigenvalue weighted by Crippen LogP contribution is 2.46. The van der Waals surface area contributed by atoms with Crippen LogP contribution >= 0.6 is 0 Å². The molecule has 0 saturated carbocycles. The van der Waals surface area contributed by atoms with Crippen molar-refractivity contribution >= 4 is 11.7 Å². The summed E-state index contributed by atoms with van der Waals surface area (Å²) < 4.78 is 54.9. The zero-order valence-corrected chi connectivity index (χ0v) is 25.7. The fourth-order valence-corrected chi connectivity index (χ4v) is 6.66. The lowest BCUT2D eigenvalue weighted by Gasteiger charge is -2.32. The number of benzene rings is 2. The molecular formula is C33H38F3N3O5. The summed E-state index contributed by atoms with van der Waals surface area (Å²) in [4.78, 5) is 42.8. The molecule has 2 aromatic carbocycles. The third kappa shape index (κ3) is 5.35. The second-order valence-electron chi connectivity index (χ2n) is 12.0. The van der Waals surface area contributed by atoms with Crippen LogP contribution in [-0.4, -0.2) is 41.6 Å². The number of rotatable bonds is 9. The van der Waals surface area contributed by atoms with Crippen molar-refractivity contribution in [3.8, 4) is 5.69 Å². The van der Waals surface area contributed by atoms with Crippen LogP contribution in [0.2, 0.25) is 0 Å². The number of likely N-dealkylation sites (N-methyl/N-ethyl adjacent to an activating group) is 1. The molecule has 2 unspecified atom stereocenters. The Kier molecular flexibility index (Phi) is 8.54. The van der Waals surface area contributed by atoms with Gasteiger partial charge in [0.25, 0.3) is 5.56 Å². The Labute approximate surface area is 254 Å². The summed E-state index contributed by atoms with van der Waals surface area (Å²) in [7, 11) is 1.95. The molecule has 8 nitrogen and oxygen atoms in total. The van der Waals surface area contributed by atoms with Gasteiger partial charge in [-0.1, -0.05) is 45.7 Å². The fraction of sp³-hybridized carbons (Fsp3) is 0.485. The normalized spacial score (nSPS) is 18.8. The van der Waals surface area contributed by atoms with Crippen molar-refractivity contribution in [2.24, 2.45) is 0 Å². The van der Waals surface area contributed by atoms with Gasteiger partial charge in [0.15, 0.2) is 0 Å². The third-order valence-corrected chi connectivity index (χ3v) is 8.80. The largest absolute Gasteiger partial charge is 0.462 e. The highest BCUT2D eigenvalue weighted by Gasteiger charge is 2.44. The molecule has 236 valence electrons. The Bertz CT molecular complexity index is 1690. The van der Waals surface area contributed by atoms with Crippen molar-refractivity contribution in [1.82, 2.24) is 9.13 Å². The zero-order chi connectivity index (χ0) is 32.0. The molecule has 2 aliphatic rings. The van der Waals surface area contributed by atoms with Crippen LogP contribution in [0.25, 0.3) is 5.69 Å². The Morgan fingerprint density at radius 3 is 2.52 bits per heavy atom. The van der Waals surface area contributed by atoms with Crippen molar-refractivity contribution in [2.45, 2.75) is 83.7 Å². The summed E-state index contributed by atoms with van der Waals surface area (Å²) >= 11 is 0. The van der Waals surface area contributed by atoms with E-state index in [1.54, 1.807) is 13.0 Å². The number of ether oxygens (including phenoxy) is 2. The first kappa shape index (κ1) is 31.6. The van der Waals surface area contributed by atoms with E-state index in [0.29, 0.717) is 12.3 Å². The van der Waals surface area contributed by atoms with Crippen LogP contribution in [0.4, 0.5) is 18.9 Å². The van der Waals surface area contributed by atoms with Gasteiger partial charge in [-0.05, 0) is 67.1 Å². The second kappa shape index (κ2) is 11.9. The van der Waals surface area contributed by atoms with Gasteiger partial charge in [0, 0.05) is 31.0 Å². The molecule has 2 atom stereocenters. The Morgan fingerprint density at radius 1 is 1.09 bits per heavy atom. The van der Waals surface area contributed by atoms with Gasteiger partial charge < -0.3 is 14.4 Å². The molecule has 0 N–H and O–H groups in total. The summed E-state index contributed by atoms with van der Waals surface area (Å²) in [5.41, 5.74) is -0.739. The number of aromatic nitrogens is 2. The predicted octanol–water partition coefficient (Wildman–Crippen LogP) is 5.99. The molecule has 1 aromatic heterocycles. The SMILES string of the molecule is CCCCCOC1N(C)c2ccc(-n3cc(C(=O)OCC)c(=O)n(C4CCc5c4cccc5C(F)(F)F)c3=O)cc2C1(C)C. The topological polar surface area (TPSA) is 82.8 Å². The van der Waals surface area contributed by atoms with Crippen LogP contribution in [0.5, 0.6) is 0 Å². The van der Waals surface area contributed by atoms with Gasteiger partial charge in [-0.2, -0.15) is 13.2 Å². The smallest absolute Gasteiger partial charge is 0.416 e. The maximum atomic E-state index is 14.1. The van der Waals surface area contributed by atoms with Gasteiger partial charge in [0.2, 0.25) is 0 Å². The molecule has 0 bridgehead atoms. The number of carbonyl (C=O) groups is 1. The molecule has 5 rings (SSSR count). The minimum atomic E-state index is -4.58. The lowest BCUT2D eigenvalue weighted by atomic mass is 9.85. The lowest BCUT2D eigenvalue weighted by molar-refractivity contribution is -0.138. The first-order valence-electron chi connectivity index (χ1n) is 15.1. The number of unbranched alkanes of at least 4 members (excludes halogenated alkanes) is 2. The first-order chi connectivity index (χ1) is 20.8. The van der Waals surface area contributed by atoms with Gasteiger partial charge in [0.05, 0.1) is 23.9 Å². The molecule has 3 aromatic rings. The predicted molar refractivity (Wildman–Crippen MR) is 161 cm³/mol. The van der Waals surface area contributed by atoms with E-state index in [-0.39, 0.29) is 42.4 Å². The van der Waals surface area contributed by atoms with Crippen LogP contribution in [0.1, 0.15) is 92.0 Å². The van der Waals surface area contributed by atoms with E-state index in [9.17, 15) is 27.6 Å². The summed E-state index contributed by atoms with van der Waals surface area (Å²) in [6.07, 6.45) is -0.430. The number of alkyl halides is 3. The maximum Gasteiger partial charge on any atom is 0.416 e. The summed E-state index contributed by atoms with van der Waals surface area (Å²) in [5.74, 6) is -0.913. The molecule has 0 radical (unpaired) electrons. The van der Waals surface area contributed by atoms with Gasteiger partial charge in [-0.15, -0.1) is 0 Å². The van der Waals surface area contributed by atoms with Crippen molar-refractivity contribution in [3.05, 3.63) is 91.3 Å². The van der Waals surface area contributed by atoms with E-state index >= 15 is 0 Å². The Balaban J connectivity index is 1.64. The molecule has 0 fully saturated rings. The third-order valence-electron chi connectivity index (χ3n) is 8.80. The Morgan fingerprint density at radius 2 is 1.84 bits per heavy atom. The van der Waals surface area contributed by atoms with Gasteiger partial charge in [-0.25, -0.2) is 9.59 Å². The van der Waals surface area contributed by atoms with Crippen molar-refractivity contribution in [2.75, 3.05) is 25.2 Å². The minimum Gasteiger partial charge on any atom is -0.462 e. The fourth-order valence-electron chi connectivity index (χ4n) is 6.66. The van der Waals surface area contributed by atoms with Crippen LogP contribution in [-0.2, 0) is 27.5 Å². The highest BCUT2D eigenvalue weighted by atomic mass is 19.4. The average molecular weight is 614 g/mol. The standard InChI is InChI=1S/C33H38F3N3O5/c1-6-8-9-17-44-30-32(3,4)25-18-20(13-15-27(25)37(30)5)38-19-23(29(41)43-7-2)28(40)39(31(38)42)26-16-14-21-22(26)11-10-12-24(21)33(34,35)36/h10-13,15,18-19,26,30H,6-9,14,16-17H2,1-5H3. The van der Waals surface area contributed by atoms with Gasteiger partial charge >= 0.3 is 17.8 Å². The average Bonchev–Trinajstić information content (AvgIpc) is 3.47. The van der Waals surface area contributed by atoms with E-state index in [2.05, 4.69) is 25.7 Å². The lowest BCUT2D eigenvalue weighted by Crippen LogP contribution is -2.44. The number of anilines is 1. The number of hydrogen-bond donors (Lipinski definition) is 0. The van der Waals surface area contributed by atoms with E-state index in [0.717, 1.165) is 41.1 Å². The van der Waals surface area contributed by atoms with Gasteiger partial charge in [0.1, 0.15) is 11.8 Å². The van der Waals surface area contributed by atoms with Crippen LogP contribution in [0.3, 0.4) is 0 Å². The Hall–Kier alpha value is -3.86. The summed E-state index contributed by atoms with van der Waals surface area (Å²) in [5, 5.41) is 0. The van der Waals surface area contributed by atoms with Crippen molar-refractivity contribution in [3.63, 3.8) is 0 Å². The molecule has 0 saturated heterocycles. The van der Waals surface area contributed by atoms with Gasteiger partial charge in [-0.3, -0.25) is 13.9 Å². The van der Waals surface area contributed by atoms with Crippen molar-refractivity contribution < 1.29 is 27.4 Å². The highest BCUT2D eigenvalue weighted by molar-refractivity contribution is 5.88.